The second kappa shape index (κ2) is 1.96. The highest BCUT2D eigenvalue weighted by molar-refractivity contribution is 7.87. The number of nitrogens with one attached hydrogen (secondary N) is 1. The van der Waals surface area contributed by atoms with E-state index in [4.69, 9.17) is 0 Å². The molecule has 1 saturated heterocycles. The number of carbonyl (C=O) groups is 1. The summed E-state index contributed by atoms with van der Waals surface area (Å²) < 4.78 is 24.0. The molecule has 0 aromatic carbocycles. The average molecular weight is 150 g/mol. The molecular formula is C3H6N2O3S. The Kier molecular flexibility index (Phi) is 1.42. The minimum Gasteiger partial charge on any atom is -0.278 e. The first kappa shape index (κ1) is 6.50. The average Bonchev–Trinajstić information content (AvgIpc) is 2.41. The highest BCUT2D eigenvalue weighted by atomic mass is 32.2. The van der Waals surface area contributed by atoms with Gasteiger partial charge in [0.2, 0.25) is 6.41 Å². The summed E-state index contributed by atoms with van der Waals surface area (Å²) in [6, 6.07) is 0. The van der Waals surface area contributed by atoms with E-state index in [2.05, 4.69) is 0 Å². The van der Waals surface area contributed by atoms with Crippen molar-refractivity contribution >= 4 is 16.6 Å². The van der Waals surface area contributed by atoms with Crippen molar-refractivity contribution in [2.45, 2.75) is 0 Å². The molecule has 0 spiro atoms. The van der Waals surface area contributed by atoms with Gasteiger partial charge in [-0.25, -0.2) is 4.72 Å². The Morgan fingerprint density at radius 3 is 2.33 bits per heavy atom. The van der Waals surface area contributed by atoms with Crippen molar-refractivity contribution in [3.63, 3.8) is 0 Å². The van der Waals surface area contributed by atoms with Crippen LogP contribution in [0.15, 0.2) is 0 Å². The maximum atomic E-state index is 10.6. The Bertz CT molecular complexity index is 205. The van der Waals surface area contributed by atoms with Crippen molar-refractivity contribution in [3.8, 4) is 0 Å². The van der Waals surface area contributed by atoms with Gasteiger partial charge in [-0.15, -0.1) is 0 Å². The number of amides is 1. The van der Waals surface area contributed by atoms with Gasteiger partial charge in [0.25, 0.3) is 0 Å². The van der Waals surface area contributed by atoms with Crippen LogP contribution in [0.1, 0.15) is 0 Å². The molecule has 0 aliphatic carbocycles. The summed E-state index contributed by atoms with van der Waals surface area (Å²) in [5.41, 5.74) is 0. The smallest absolute Gasteiger partial charge is 0.278 e. The van der Waals surface area contributed by atoms with Gasteiger partial charge in [-0.1, -0.05) is 0 Å². The Morgan fingerprint density at radius 1 is 1.44 bits per heavy atom. The van der Waals surface area contributed by atoms with E-state index in [-0.39, 0.29) is 6.41 Å². The zero-order chi connectivity index (χ0) is 6.91. The summed E-state index contributed by atoms with van der Waals surface area (Å²) in [5.74, 6) is 0. The predicted molar refractivity (Wildman–Crippen MR) is 29.7 cm³/mol. The molecule has 0 unspecified atom stereocenters. The zero-order valence-electron chi connectivity index (χ0n) is 4.57. The van der Waals surface area contributed by atoms with Gasteiger partial charge in [-0.05, 0) is 0 Å². The molecule has 1 N–H and O–H groups in total. The highest BCUT2D eigenvalue weighted by Gasteiger charge is 2.30. The van der Waals surface area contributed by atoms with Crippen LogP contribution < -0.4 is 4.72 Å². The second-order valence-electron chi connectivity index (χ2n) is 1.64. The third-order valence-electron chi connectivity index (χ3n) is 0.943. The van der Waals surface area contributed by atoms with E-state index in [0.29, 0.717) is 13.1 Å². The Hall–Kier alpha value is -0.620. The largest absolute Gasteiger partial charge is 0.303 e. The highest BCUT2D eigenvalue weighted by Crippen LogP contribution is 2.07. The molecule has 1 aliphatic rings. The van der Waals surface area contributed by atoms with Gasteiger partial charge >= 0.3 is 10.2 Å². The number of nitrogens with zero attached hydrogens (tertiary/aromatic N) is 1. The zero-order valence-corrected chi connectivity index (χ0v) is 5.39. The van der Waals surface area contributed by atoms with Crippen molar-refractivity contribution in [2.24, 2.45) is 0 Å². The predicted octanol–water partition coefficient (Wildman–Crippen LogP) is -1.71. The Morgan fingerprint density at radius 2 is 2.00 bits per heavy atom. The molecule has 0 bridgehead atoms. The van der Waals surface area contributed by atoms with Crippen LogP contribution in [-0.2, 0) is 15.0 Å². The van der Waals surface area contributed by atoms with Crippen molar-refractivity contribution < 1.29 is 13.2 Å². The van der Waals surface area contributed by atoms with Crippen LogP contribution in [0.2, 0.25) is 0 Å². The van der Waals surface area contributed by atoms with Crippen LogP contribution in [-0.4, -0.2) is 32.2 Å². The molecule has 0 aromatic rings. The molecule has 5 nitrogen and oxygen atoms in total. The summed E-state index contributed by atoms with van der Waals surface area (Å²) >= 11 is 0. The first-order valence-corrected chi connectivity index (χ1v) is 3.82. The maximum Gasteiger partial charge on any atom is 0.303 e. The summed E-state index contributed by atoms with van der Waals surface area (Å²) in [6.07, 6.45) is 0.160. The standard InChI is InChI=1S/C3H6N2O3S/c6-3-4-9(7,8)5-1-2-5/h3H,1-2H2,(H,4,6). The second-order valence-corrected chi connectivity index (χ2v) is 3.34. The van der Waals surface area contributed by atoms with E-state index in [1.807, 2.05) is 0 Å². The van der Waals surface area contributed by atoms with Gasteiger partial charge < -0.3 is 0 Å². The lowest BCUT2D eigenvalue weighted by molar-refractivity contribution is -0.108. The number of rotatable bonds is 3. The van der Waals surface area contributed by atoms with Gasteiger partial charge in [0.15, 0.2) is 0 Å². The van der Waals surface area contributed by atoms with E-state index in [1.54, 1.807) is 4.72 Å². The molecule has 0 radical (unpaired) electrons. The molecule has 1 heterocycles. The summed E-state index contributed by atoms with van der Waals surface area (Å²) in [7, 11) is -3.42. The number of hydrogen-bond acceptors (Lipinski definition) is 3. The van der Waals surface area contributed by atoms with Crippen LogP contribution in [0.5, 0.6) is 0 Å². The molecule has 9 heavy (non-hydrogen) atoms. The first-order chi connectivity index (χ1) is 4.17. The summed E-state index contributed by atoms with van der Waals surface area (Å²) in [4.78, 5) is 9.64. The van der Waals surface area contributed by atoms with Gasteiger partial charge in [-0.3, -0.25) is 4.79 Å². The van der Waals surface area contributed by atoms with Gasteiger partial charge in [0, 0.05) is 13.1 Å². The lowest BCUT2D eigenvalue weighted by atomic mass is 11.0. The topological polar surface area (TPSA) is 66.2 Å². The van der Waals surface area contributed by atoms with E-state index in [1.165, 1.54) is 0 Å². The lowest BCUT2D eigenvalue weighted by Crippen LogP contribution is -2.28. The quantitative estimate of drug-likeness (QED) is 0.385. The molecule has 1 rings (SSSR count). The summed E-state index contributed by atoms with van der Waals surface area (Å²) in [6.45, 7) is 1.03. The van der Waals surface area contributed by atoms with E-state index in [0.717, 1.165) is 4.31 Å². The van der Waals surface area contributed by atoms with E-state index < -0.39 is 10.2 Å². The van der Waals surface area contributed by atoms with Crippen molar-refractivity contribution in [1.82, 2.24) is 9.03 Å². The fourth-order valence-corrected chi connectivity index (χ4v) is 1.25. The van der Waals surface area contributed by atoms with E-state index >= 15 is 0 Å². The third kappa shape index (κ3) is 1.39. The fourth-order valence-electron chi connectivity index (χ4n) is 0.417. The number of carbonyl (C=O) groups excluding carboxylic acids is 1. The van der Waals surface area contributed by atoms with Crippen LogP contribution in [0.25, 0.3) is 0 Å². The molecule has 0 aromatic heterocycles. The van der Waals surface area contributed by atoms with Gasteiger partial charge in [0.05, 0.1) is 0 Å². The molecule has 1 fully saturated rings. The third-order valence-corrected chi connectivity index (χ3v) is 2.38. The van der Waals surface area contributed by atoms with Crippen molar-refractivity contribution in [2.75, 3.05) is 13.1 Å². The molecule has 1 amide bonds. The minimum atomic E-state index is -3.42. The molecule has 52 valence electrons. The summed E-state index contributed by atoms with van der Waals surface area (Å²) in [5, 5.41) is 0. The minimum absolute atomic E-state index is 0.160. The monoisotopic (exact) mass is 150 g/mol. The van der Waals surface area contributed by atoms with Crippen LogP contribution in [0.3, 0.4) is 0 Å². The Balaban J connectivity index is 2.60. The Labute approximate surface area is 52.8 Å². The molecule has 0 saturated carbocycles. The molecular weight excluding hydrogens is 144 g/mol. The number of hydrogen-bond donors (Lipinski definition) is 1. The van der Waals surface area contributed by atoms with Crippen LogP contribution in [0.4, 0.5) is 0 Å². The van der Waals surface area contributed by atoms with Gasteiger partial charge in [-0.2, -0.15) is 12.7 Å². The van der Waals surface area contributed by atoms with E-state index in [9.17, 15) is 13.2 Å². The van der Waals surface area contributed by atoms with Crippen LogP contribution >= 0.6 is 0 Å². The molecule has 0 atom stereocenters. The van der Waals surface area contributed by atoms with Crippen LogP contribution in [0, 0.1) is 0 Å². The maximum absolute atomic E-state index is 10.6. The SMILES string of the molecule is O=CNS(=O)(=O)N1CC1. The lowest BCUT2D eigenvalue weighted by Gasteiger charge is -1.97. The van der Waals surface area contributed by atoms with Crippen molar-refractivity contribution in [3.05, 3.63) is 0 Å². The first-order valence-electron chi connectivity index (χ1n) is 2.38. The fraction of sp³-hybridized carbons (Fsp3) is 0.667. The molecule has 6 heteroatoms. The van der Waals surface area contributed by atoms with Crippen molar-refractivity contribution in [1.29, 1.82) is 0 Å². The van der Waals surface area contributed by atoms with Gasteiger partial charge in [0.1, 0.15) is 0 Å². The molecule has 1 aliphatic heterocycles. The normalized spacial score (nSPS) is 19.1.